The van der Waals surface area contributed by atoms with Crippen molar-refractivity contribution < 1.29 is 0 Å². The van der Waals surface area contributed by atoms with Gasteiger partial charge in [0.2, 0.25) is 0 Å². The van der Waals surface area contributed by atoms with Gasteiger partial charge in [0.15, 0.2) is 0 Å². The zero-order chi connectivity index (χ0) is 14.3. The Bertz CT molecular complexity index is 626. The molecule has 5 heteroatoms. The maximum Gasteiger partial charge on any atom is 0.128 e. The summed E-state index contributed by atoms with van der Waals surface area (Å²) in [6.45, 7) is 2.02. The highest BCUT2D eigenvalue weighted by Crippen LogP contribution is 2.41. The number of rotatable bonds is 3. The van der Waals surface area contributed by atoms with Gasteiger partial charge < -0.3 is 4.57 Å². The molecule has 0 saturated heterocycles. The molecule has 1 aromatic carbocycles. The smallest absolute Gasteiger partial charge is 0.128 e. The first-order valence-corrected chi connectivity index (χ1v) is 9.76. The molecular weight excluding hydrogens is 403 g/mol. The lowest BCUT2D eigenvalue weighted by Gasteiger charge is -2.23. The van der Waals surface area contributed by atoms with Crippen molar-refractivity contribution in [3.05, 3.63) is 27.6 Å². The maximum absolute atomic E-state index is 6.40. The fourth-order valence-electron chi connectivity index (χ4n) is 3.20. The summed E-state index contributed by atoms with van der Waals surface area (Å²) in [4.78, 5) is 4.80. The summed E-state index contributed by atoms with van der Waals surface area (Å²) >= 11 is 10.7. The molecule has 1 saturated carbocycles. The molecule has 108 valence electrons. The zero-order valence-corrected chi connectivity index (χ0v) is 15.4. The van der Waals surface area contributed by atoms with Crippen LogP contribution in [0.1, 0.15) is 43.4 Å². The Hall–Kier alpha value is 0.0600. The molecule has 0 radical (unpaired) electrons. The monoisotopic (exact) mass is 420 g/mol. The Morgan fingerprint density at radius 2 is 2.25 bits per heavy atom. The van der Waals surface area contributed by atoms with E-state index in [-0.39, 0.29) is 5.38 Å². The van der Waals surface area contributed by atoms with Crippen LogP contribution >= 0.6 is 46.0 Å². The molecule has 0 aliphatic heterocycles. The zero-order valence-electron chi connectivity index (χ0n) is 11.6. The van der Waals surface area contributed by atoms with Gasteiger partial charge in [0.1, 0.15) is 5.82 Å². The van der Waals surface area contributed by atoms with Crippen LogP contribution in [0.25, 0.3) is 11.0 Å². The molecule has 0 N–H and O–H groups in total. The second kappa shape index (κ2) is 6.05. The summed E-state index contributed by atoms with van der Waals surface area (Å²) in [5.41, 5.74) is 2.31. The highest BCUT2D eigenvalue weighted by molar-refractivity contribution is 14.1. The first kappa shape index (κ1) is 15.0. The van der Waals surface area contributed by atoms with Gasteiger partial charge in [-0.2, -0.15) is 11.8 Å². The van der Waals surface area contributed by atoms with Gasteiger partial charge >= 0.3 is 0 Å². The molecule has 1 aliphatic rings. The van der Waals surface area contributed by atoms with E-state index in [0.717, 1.165) is 11.3 Å². The molecule has 0 amide bonds. The summed E-state index contributed by atoms with van der Waals surface area (Å²) < 4.78 is 3.64. The Labute approximate surface area is 142 Å². The fourth-order valence-corrected chi connectivity index (χ4v) is 4.80. The van der Waals surface area contributed by atoms with Crippen LogP contribution in [0.15, 0.2) is 18.2 Å². The SMILES string of the molecule is CSC1CCCC1n1c(C(C)Cl)nc2cc(I)ccc21. The van der Waals surface area contributed by atoms with E-state index >= 15 is 0 Å². The van der Waals surface area contributed by atoms with E-state index in [1.54, 1.807) is 0 Å². The van der Waals surface area contributed by atoms with Gasteiger partial charge in [-0.15, -0.1) is 11.6 Å². The highest BCUT2D eigenvalue weighted by atomic mass is 127. The van der Waals surface area contributed by atoms with Crippen LogP contribution in [0.5, 0.6) is 0 Å². The van der Waals surface area contributed by atoms with E-state index in [4.69, 9.17) is 16.6 Å². The van der Waals surface area contributed by atoms with Crippen LogP contribution in [0.4, 0.5) is 0 Å². The van der Waals surface area contributed by atoms with E-state index in [2.05, 4.69) is 51.6 Å². The first-order chi connectivity index (χ1) is 9.61. The van der Waals surface area contributed by atoms with Gasteiger partial charge in [0.05, 0.1) is 16.4 Å². The molecule has 3 unspecified atom stereocenters. The van der Waals surface area contributed by atoms with Crippen molar-refractivity contribution in [2.75, 3.05) is 6.26 Å². The van der Waals surface area contributed by atoms with E-state index in [0.29, 0.717) is 11.3 Å². The summed E-state index contributed by atoms with van der Waals surface area (Å²) in [6.07, 6.45) is 6.05. The number of hydrogen-bond donors (Lipinski definition) is 0. The quantitative estimate of drug-likeness (QED) is 0.489. The van der Waals surface area contributed by atoms with Crippen LogP contribution < -0.4 is 0 Å². The molecule has 1 aliphatic carbocycles. The molecule has 2 nitrogen and oxygen atoms in total. The van der Waals surface area contributed by atoms with Crippen LogP contribution in [0, 0.1) is 3.57 Å². The third-order valence-corrected chi connectivity index (χ3v) is 6.11. The summed E-state index contributed by atoms with van der Waals surface area (Å²) in [6, 6.07) is 7.04. The normalized spacial score (nSPS) is 24.4. The van der Waals surface area contributed by atoms with Gasteiger partial charge in [0.25, 0.3) is 0 Å². The lowest BCUT2D eigenvalue weighted by Crippen LogP contribution is -2.18. The third-order valence-electron chi connectivity index (χ3n) is 4.09. The fraction of sp³-hybridized carbons (Fsp3) is 0.533. The average Bonchev–Trinajstić information content (AvgIpc) is 3.00. The van der Waals surface area contributed by atoms with Crippen molar-refractivity contribution in [1.29, 1.82) is 0 Å². The Morgan fingerprint density at radius 1 is 1.45 bits per heavy atom. The maximum atomic E-state index is 6.40. The Kier molecular flexibility index (Phi) is 4.53. The summed E-state index contributed by atoms with van der Waals surface area (Å²) in [7, 11) is 0. The van der Waals surface area contributed by atoms with Crippen LogP contribution in [0.3, 0.4) is 0 Å². The van der Waals surface area contributed by atoms with Crippen LogP contribution in [-0.2, 0) is 0 Å². The highest BCUT2D eigenvalue weighted by Gasteiger charge is 2.31. The minimum absolute atomic E-state index is 0.0526. The van der Waals surface area contributed by atoms with E-state index in [1.807, 2.05) is 18.7 Å². The molecule has 0 bridgehead atoms. The molecule has 20 heavy (non-hydrogen) atoms. The lowest BCUT2D eigenvalue weighted by molar-refractivity contribution is 0.520. The number of thioether (sulfide) groups is 1. The van der Waals surface area contributed by atoms with E-state index in [9.17, 15) is 0 Å². The summed E-state index contributed by atoms with van der Waals surface area (Å²) in [5, 5.41) is 0.629. The molecular formula is C15H18ClIN2S. The van der Waals surface area contributed by atoms with Crippen molar-refractivity contribution in [1.82, 2.24) is 9.55 Å². The molecule has 1 aromatic heterocycles. The van der Waals surface area contributed by atoms with Crippen LogP contribution in [-0.4, -0.2) is 21.1 Å². The molecule has 3 rings (SSSR count). The van der Waals surface area contributed by atoms with Gasteiger partial charge in [-0.05, 0) is 66.8 Å². The van der Waals surface area contributed by atoms with Gasteiger partial charge in [-0.3, -0.25) is 0 Å². The second-order valence-corrected chi connectivity index (χ2v) is 8.34. The first-order valence-electron chi connectivity index (χ1n) is 6.96. The Morgan fingerprint density at radius 3 is 2.95 bits per heavy atom. The van der Waals surface area contributed by atoms with Gasteiger partial charge in [0, 0.05) is 14.9 Å². The predicted octanol–water partition coefficient (Wildman–Crippen LogP) is 5.40. The van der Waals surface area contributed by atoms with Crippen molar-refractivity contribution >= 4 is 57.0 Å². The molecule has 2 aromatic rings. The number of benzene rings is 1. The number of imidazole rings is 1. The Balaban J connectivity index is 2.18. The number of halogens is 2. The third kappa shape index (κ3) is 2.59. The molecule has 3 atom stereocenters. The van der Waals surface area contributed by atoms with E-state index in [1.165, 1.54) is 28.3 Å². The minimum Gasteiger partial charge on any atom is -0.322 e. The molecule has 0 spiro atoms. The lowest BCUT2D eigenvalue weighted by atomic mass is 10.2. The number of nitrogens with zero attached hydrogens (tertiary/aromatic N) is 2. The minimum atomic E-state index is -0.0526. The van der Waals surface area contributed by atoms with Crippen molar-refractivity contribution in [3.8, 4) is 0 Å². The topological polar surface area (TPSA) is 17.8 Å². The van der Waals surface area contributed by atoms with Crippen molar-refractivity contribution in [2.45, 2.75) is 42.9 Å². The molecule has 1 heterocycles. The number of fused-ring (bicyclic) bond motifs is 1. The van der Waals surface area contributed by atoms with Crippen molar-refractivity contribution in [3.63, 3.8) is 0 Å². The van der Waals surface area contributed by atoms with Gasteiger partial charge in [-0.25, -0.2) is 4.98 Å². The predicted molar refractivity (Wildman–Crippen MR) is 96.9 cm³/mol. The average molecular weight is 421 g/mol. The second-order valence-electron chi connectivity index (χ2n) is 5.36. The van der Waals surface area contributed by atoms with Crippen LogP contribution in [0.2, 0.25) is 0 Å². The standard InChI is InChI=1S/C15H18ClIN2S/c1-9(16)15-18-11-8-10(17)6-7-12(11)19(15)13-4-3-5-14(13)20-2/h6-9,13-14H,3-5H2,1-2H3. The number of alkyl halides is 1. The van der Waals surface area contributed by atoms with Gasteiger partial charge in [-0.1, -0.05) is 6.42 Å². The number of aromatic nitrogens is 2. The number of hydrogen-bond acceptors (Lipinski definition) is 2. The molecule has 1 fully saturated rings. The largest absolute Gasteiger partial charge is 0.322 e. The summed E-state index contributed by atoms with van der Waals surface area (Å²) in [5.74, 6) is 1.02. The van der Waals surface area contributed by atoms with E-state index < -0.39 is 0 Å². The van der Waals surface area contributed by atoms with Crippen molar-refractivity contribution in [2.24, 2.45) is 0 Å².